The molecule has 0 saturated heterocycles. The molecule has 0 saturated carbocycles. The summed E-state index contributed by atoms with van der Waals surface area (Å²) in [5.74, 6) is 6.34. The third-order valence-corrected chi connectivity index (χ3v) is 22.7. The first-order valence-corrected chi connectivity index (χ1v) is 44.7. The zero-order valence-electron chi connectivity index (χ0n) is 78.8. The van der Waals surface area contributed by atoms with E-state index in [0.29, 0.717) is 185 Å². The molecule has 16 N–H and O–H groups in total. The molecule has 5 atom stereocenters. The Hall–Kier alpha value is -16.5. The largest absolute Gasteiger partial charge is 0.495 e. The number of aryl methyl sites for hydroxylation is 3. The summed E-state index contributed by atoms with van der Waals surface area (Å²) < 4.78 is 42.3. The SMILES string of the molecule is CNC(=O)c1ccc2cc1Nc1cc(NC)n3ncc(c3n1)C(=O)N[C@H](C)COC2.CNc1cc2nc3c(cnn13)C(=O)N[C@H](C)COCc1ccc(C)c(c1)N2.CNc1cc2nc3c(cnn13)C(=O)N[C@H](C)COCc1ccc(C)c(c1)N2.CNc1cc2nc3c(cnn13)C(=O)N[C@H](C)COCc1ccc(C)c(c1)N2.CNc1cc2nc3c(cnn13)C(=O)N[C@H](C)COc1ccc(OC)c(c1)N2. The molecule has 20 bridgehead atoms. The van der Waals surface area contributed by atoms with Gasteiger partial charge in [-0.25, -0.2) is 24.9 Å². The van der Waals surface area contributed by atoms with Crippen molar-refractivity contribution in [3.63, 3.8) is 0 Å². The van der Waals surface area contributed by atoms with Crippen molar-refractivity contribution in [1.82, 2.24) is 105 Å². The Kier molecular flexibility index (Phi) is 28.8. The van der Waals surface area contributed by atoms with Crippen LogP contribution >= 0.6 is 0 Å². The summed E-state index contributed by atoms with van der Waals surface area (Å²) in [6.45, 7) is 19.3. The van der Waals surface area contributed by atoms with Crippen LogP contribution in [-0.2, 0) is 45.4 Å². The number of fused-ring (bicyclic) bond motifs is 15. The molecule has 5 aliphatic heterocycles. The van der Waals surface area contributed by atoms with Gasteiger partial charge in [0.2, 0.25) is 0 Å². The minimum atomic E-state index is -0.283. The number of aromatic nitrogens is 15. The fraction of sp³-hybridized carbons (Fsp3) is 0.305. The highest BCUT2D eigenvalue weighted by atomic mass is 16.5. The molecule has 716 valence electrons. The summed E-state index contributed by atoms with van der Waals surface area (Å²) in [6.07, 6.45) is 7.60. The van der Waals surface area contributed by atoms with E-state index >= 15 is 0 Å². The zero-order chi connectivity index (χ0) is 97.1. The summed E-state index contributed by atoms with van der Waals surface area (Å²) in [5, 5.41) is 70.8. The van der Waals surface area contributed by atoms with Crippen molar-refractivity contribution in [2.75, 3.05) is 136 Å². The quantitative estimate of drug-likeness (QED) is 0.0705. The molecule has 5 aromatic carbocycles. The molecule has 0 aliphatic carbocycles. The monoisotopic (exact) mass is 1880 g/mol. The fourth-order valence-corrected chi connectivity index (χ4v) is 15.5. The Morgan fingerprint density at radius 2 is 0.609 bits per heavy atom. The van der Waals surface area contributed by atoms with Crippen LogP contribution in [-0.4, -0.2) is 221 Å². The van der Waals surface area contributed by atoms with Gasteiger partial charge in [-0.1, -0.05) is 42.5 Å². The second-order valence-corrected chi connectivity index (χ2v) is 33.5. The Balaban J connectivity index is 0.000000125. The normalized spacial score (nSPS) is 16.9. The molecule has 20 rings (SSSR count). The summed E-state index contributed by atoms with van der Waals surface area (Å²) in [4.78, 5) is 99.0. The highest BCUT2D eigenvalue weighted by molar-refractivity contribution is 6.04. The molecule has 43 nitrogen and oxygen atoms in total. The van der Waals surface area contributed by atoms with E-state index in [1.165, 1.54) is 31.0 Å². The molecule has 0 fully saturated rings. The summed E-state index contributed by atoms with van der Waals surface area (Å²) in [7, 11) is 12.2. The first kappa shape index (κ1) is 94.6. The number of methoxy groups -OCH3 is 1. The topological polar surface area (TPSA) is 501 Å². The maximum atomic E-state index is 12.8. The minimum Gasteiger partial charge on any atom is -0.495 e. The van der Waals surface area contributed by atoms with E-state index in [0.717, 1.165) is 73.5 Å². The highest BCUT2D eigenvalue weighted by Crippen LogP contribution is 2.36. The molecule has 43 heteroatoms. The first-order chi connectivity index (χ1) is 66.7. The number of carbonyl (C=O) groups is 6. The molecule has 5 aliphatic rings. The predicted molar refractivity (Wildman–Crippen MR) is 524 cm³/mol. The van der Waals surface area contributed by atoms with Crippen molar-refractivity contribution in [1.29, 1.82) is 0 Å². The van der Waals surface area contributed by atoms with Gasteiger partial charge < -0.3 is 113 Å². The molecule has 0 radical (unpaired) electrons. The van der Waals surface area contributed by atoms with Gasteiger partial charge in [-0.3, -0.25) is 28.8 Å². The van der Waals surface area contributed by atoms with Crippen molar-refractivity contribution in [3.05, 3.63) is 225 Å². The molecule has 6 amide bonds. The lowest BCUT2D eigenvalue weighted by Gasteiger charge is -2.17. The van der Waals surface area contributed by atoms with E-state index in [1.54, 1.807) is 69.0 Å². The minimum absolute atomic E-state index is 0.134. The second kappa shape index (κ2) is 41.9. The molecule has 15 heterocycles. The number of carbonyl (C=O) groups excluding carboxylic acids is 6. The van der Waals surface area contributed by atoms with E-state index in [1.807, 2.05) is 143 Å². The van der Waals surface area contributed by atoms with E-state index in [-0.39, 0.29) is 65.7 Å². The van der Waals surface area contributed by atoms with E-state index in [4.69, 9.17) is 28.4 Å². The van der Waals surface area contributed by atoms with Gasteiger partial charge in [-0.15, -0.1) is 0 Å². The van der Waals surface area contributed by atoms with Crippen LogP contribution in [0.4, 0.5) is 86.6 Å². The van der Waals surface area contributed by atoms with Crippen LogP contribution in [0.15, 0.2) is 152 Å². The number of ether oxygens (including phenoxy) is 6. The maximum Gasteiger partial charge on any atom is 0.257 e. The van der Waals surface area contributed by atoms with Gasteiger partial charge in [-0.2, -0.15) is 48.1 Å². The van der Waals surface area contributed by atoms with Crippen molar-refractivity contribution in [2.45, 2.75) is 112 Å². The van der Waals surface area contributed by atoms with Crippen molar-refractivity contribution >= 4 is 150 Å². The maximum absolute atomic E-state index is 12.8. The van der Waals surface area contributed by atoms with Crippen LogP contribution in [0.2, 0.25) is 0 Å². The standard InChI is InChI=1S/C20H23N7O3.3C19H22N6O2.C18H20N6O3/c1-11-9-30-10-12-4-5-13(19(28)22-3)15(6-12)25-16-7-17(21-2)27-18(26-16)14(8-23-27)20(29)24-11;3*1-11-4-5-13-6-15(11)23-16-7-17(20-3)25-18(24-16)14(8-21-25)19(26)22-12(2)9-27-10-13;1-10-9-27-11-4-5-14(26-3)13(6-11)22-15-7-16(19-2)24-17(23-15)12(8-20-24)18(25)21-10/h4-8,11,21H,9-10H2,1-3H3,(H,22,28)(H,24,29)(H,25,26);3*4-8,12,20H,9-10H2,1-3H3,(H,22,26)(H,23,24);4-8,10,19H,9H2,1-3H3,(H,21,25)(H,22,23)/t11-;3*12-;10-/m11111/s1. The molecular weight excluding hydrogens is 1770 g/mol. The van der Waals surface area contributed by atoms with Gasteiger partial charge in [-0.05, 0) is 137 Å². The molecule has 15 aromatic rings. The molecular formula is C95H109N31O12. The number of hydrogen-bond donors (Lipinski definition) is 16. The zero-order valence-corrected chi connectivity index (χ0v) is 78.8. The number of anilines is 15. The number of benzene rings is 5. The smallest absolute Gasteiger partial charge is 0.257 e. The number of rotatable bonds is 7. The van der Waals surface area contributed by atoms with Crippen LogP contribution in [0.5, 0.6) is 11.5 Å². The van der Waals surface area contributed by atoms with E-state index < -0.39 is 0 Å². The van der Waals surface area contributed by atoms with E-state index in [2.05, 4.69) is 172 Å². The second-order valence-electron chi connectivity index (χ2n) is 33.5. The third-order valence-electron chi connectivity index (χ3n) is 22.7. The average molecular weight is 1880 g/mol. The average Bonchev–Trinajstić information content (AvgIpc) is 1.62. The van der Waals surface area contributed by atoms with Crippen LogP contribution in [0.3, 0.4) is 0 Å². The van der Waals surface area contributed by atoms with Gasteiger partial charge in [0.1, 0.15) is 104 Å². The molecule has 0 spiro atoms. The van der Waals surface area contributed by atoms with Crippen LogP contribution in [0.25, 0.3) is 28.2 Å². The molecule has 10 aromatic heterocycles. The van der Waals surface area contributed by atoms with Gasteiger partial charge in [0, 0.05) is 120 Å². The predicted octanol–water partition coefficient (Wildman–Crippen LogP) is 11.0. The van der Waals surface area contributed by atoms with Gasteiger partial charge in [0.05, 0.1) is 114 Å². The Bertz CT molecular complexity index is 6720. The fourth-order valence-electron chi connectivity index (χ4n) is 15.5. The lowest BCUT2D eigenvalue weighted by atomic mass is 10.1. The van der Waals surface area contributed by atoms with Crippen molar-refractivity contribution < 1.29 is 57.2 Å². The summed E-state index contributed by atoms with van der Waals surface area (Å²) in [5.41, 5.74) is 16.3. The Labute approximate surface area is 792 Å². The number of hydrogen-bond acceptors (Lipinski definition) is 32. The lowest BCUT2D eigenvalue weighted by Crippen LogP contribution is -2.36. The van der Waals surface area contributed by atoms with Gasteiger partial charge in [0.15, 0.2) is 28.2 Å². The number of amides is 6. The number of nitrogens with one attached hydrogen (secondary N) is 16. The lowest BCUT2D eigenvalue weighted by molar-refractivity contribution is 0.0817. The van der Waals surface area contributed by atoms with Crippen molar-refractivity contribution in [3.8, 4) is 11.5 Å². The van der Waals surface area contributed by atoms with Crippen LogP contribution < -0.4 is 94.5 Å². The molecule has 138 heavy (non-hydrogen) atoms. The highest BCUT2D eigenvalue weighted by Gasteiger charge is 2.28. The Morgan fingerprint density at radius 3 is 0.891 bits per heavy atom. The first-order valence-electron chi connectivity index (χ1n) is 44.7. The van der Waals surface area contributed by atoms with E-state index in [9.17, 15) is 28.8 Å². The summed E-state index contributed by atoms with van der Waals surface area (Å²) >= 11 is 0. The third kappa shape index (κ3) is 21.3. The van der Waals surface area contributed by atoms with Crippen LogP contribution in [0.1, 0.15) is 136 Å². The summed E-state index contributed by atoms with van der Waals surface area (Å²) in [6, 6.07) is 37.8. The molecule has 0 unspecified atom stereocenters. The Morgan fingerprint density at radius 1 is 0.341 bits per heavy atom. The van der Waals surface area contributed by atoms with Gasteiger partial charge >= 0.3 is 0 Å². The van der Waals surface area contributed by atoms with Gasteiger partial charge in [0.25, 0.3) is 35.4 Å². The number of nitrogens with zero attached hydrogens (tertiary/aromatic N) is 15. The van der Waals surface area contributed by atoms with Crippen molar-refractivity contribution in [2.24, 2.45) is 0 Å². The van der Waals surface area contributed by atoms with Crippen LogP contribution in [0, 0.1) is 20.8 Å².